The third-order valence-electron chi connectivity index (χ3n) is 2.98. The molecular formula is C13H14N2O3. The van der Waals surface area contributed by atoms with Crippen LogP contribution in [0.15, 0.2) is 12.1 Å². The predicted molar refractivity (Wildman–Crippen MR) is 66.8 cm³/mol. The second-order valence-electron chi connectivity index (χ2n) is 4.27. The number of Topliss-reactive ketones (excluding diaryl/α,β-unsaturated/α-hetero) is 1. The number of hydrogen-bond donors (Lipinski definition) is 1. The molecule has 1 N–H and O–H groups in total. The van der Waals surface area contributed by atoms with Gasteiger partial charge in [-0.15, -0.1) is 0 Å². The van der Waals surface area contributed by atoms with E-state index >= 15 is 0 Å². The maximum absolute atomic E-state index is 11.0. The monoisotopic (exact) mass is 246 g/mol. The summed E-state index contributed by atoms with van der Waals surface area (Å²) in [6.45, 7) is 1.53. The van der Waals surface area contributed by atoms with Crippen LogP contribution in [0.2, 0.25) is 0 Å². The van der Waals surface area contributed by atoms with Crippen molar-refractivity contribution in [3.63, 3.8) is 0 Å². The third kappa shape index (κ3) is 1.99. The van der Waals surface area contributed by atoms with Crippen molar-refractivity contribution in [1.82, 2.24) is 9.55 Å². The topological polar surface area (TPSA) is 72.2 Å². The van der Waals surface area contributed by atoms with Crippen LogP contribution in [-0.2, 0) is 18.3 Å². The van der Waals surface area contributed by atoms with Gasteiger partial charge in [0.25, 0.3) is 0 Å². The molecular weight excluding hydrogens is 232 g/mol. The highest BCUT2D eigenvalue weighted by molar-refractivity contribution is 5.97. The molecule has 0 aliphatic carbocycles. The first-order valence-electron chi connectivity index (χ1n) is 5.66. The number of aldehydes is 1. The summed E-state index contributed by atoms with van der Waals surface area (Å²) >= 11 is 0. The minimum absolute atomic E-state index is 0.0753. The molecule has 0 atom stereocenters. The predicted octanol–water partition coefficient (Wildman–Crippen LogP) is 1.61. The van der Waals surface area contributed by atoms with Crippen molar-refractivity contribution in [2.24, 2.45) is 7.05 Å². The minimum Gasteiger partial charge on any atom is -0.507 e. The quantitative estimate of drug-likeness (QED) is 0.832. The Kier molecular flexibility index (Phi) is 3.14. The van der Waals surface area contributed by atoms with E-state index in [1.807, 2.05) is 11.6 Å². The normalized spacial score (nSPS) is 10.8. The van der Waals surface area contributed by atoms with E-state index in [1.165, 1.54) is 13.0 Å². The summed E-state index contributed by atoms with van der Waals surface area (Å²) < 4.78 is 1.84. The van der Waals surface area contributed by atoms with Crippen molar-refractivity contribution >= 4 is 23.1 Å². The van der Waals surface area contributed by atoms with Crippen LogP contribution in [0.1, 0.15) is 29.5 Å². The van der Waals surface area contributed by atoms with Crippen LogP contribution >= 0.6 is 0 Å². The van der Waals surface area contributed by atoms with E-state index in [1.54, 1.807) is 6.07 Å². The molecule has 1 aromatic carbocycles. The van der Waals surface area contributed by atoms with Crippen molar-refractivity contribution in [2.75, 3.05) is 0 Å². The number of carbonyl (C=O) groups is 2. The average molecular weight is 246 g/mol. The molecule has 0 amide bonds. The summed E-state index contributed by atoms with van der Waals surface area (Å²) in [5.74, 6) is 0.753. The molecule has 0 aliphatic heterocycles. The van der Waals surface area contributed by atoms with Crippen LogP contribution in [-0.4, -0.2) is 26.7 Å². The summed E-state index contributed by atoms with van der Waals surface area (Å²) in [6.07, 6.45) is 1.54. The number of rotatable bonds is 4. The van der Waals surface area contributed by atoms with Crippen LogP contribution < -0.4 is 0 Å². The van der Waals surface area contributed by atoms with Gasteiger partial charge in [-0.3, -0.25) is 4.79 Å². The van der Waals surface area contributed by atoms with Gasteiger partial charge in [-0.2, -0.15) is 0 Å². The zero-order valence-corrected chi connectivity index (χ0v) is 10.3. The second-order valence-corrected chi connectivity index (χ2v) is 4.27. The van der Waals surface area contributed by atoms with Gasteiger partial charge in [0.1, 0.15) is 22.9 Å². The number of imidazole rings is 1. The van der Waals surface area contributed by atoms with Crippen molar-refractivity contribution in [1.29, 1.82) is 0 Å². The van der Waals surface area contributed by atoms with E-state index in [0.29, 0.717) is 24.6 Å². The van der Waals surface area contributed by atoms with Crippen LogP contribution in [0.5, 0.6) is 5.75 Å². The summed E-state index contributed by atoms with van der Waals surface area (Å²) in [6, 6.07) is 3.18. The number of carbonyl (C=O) groups excluding carboxylic acids is 2. The van der Waals surface area contributed by atoms with E-state index in [9.17, 15) is 14.7 Å². The fourth-order valence-corrected chi connectivity index (χ4v) is 1.94. The van der Waals surface area contributed by atoms with Gasteiger partial charge in [0.05, 0.1) is 11.1 Å². The lowest BCUT2D eigenvalue weighted by Crippen LogP contribution is -2.01. The largest absolute Gasteiger partial charge is 0.507 e. The smallest absolute Gasteiger partial charge is 0.156 e. The van der Waals surface area contributed by atoms with Gasteiger partial charge in [0.2, 0.25) is 0 Å². The van der Waals surface area contributed by atoms with Gasteiger partial charge in [-0.25, -0.2) is 4.98 Å². The van der Waals surface area contributed by atoms with E-state index in [4.69, 9.17) is 0 Å². The molecule has 0 aliphatic rings. The molecule has 0 spiro atoms. The van der Waals surface area contributed by atoms with Crippen LogP contribution in [0.25, 0.3) is 11.0 Å². The van der Waals surface area contributed by atoms with Crippen LogP contribution in [0, 0.1) is 0 Å². The third-order valence-corrected chi connectivity index (χ3v) is 2.98. The number of phenols is 1. The summed E-state index contributed by atoms with van der Waals surface area (Å²) in [5, 5.41) is 9.59. The molecule has 0 saturated carbocycles. The summed E-state index contributed by atoms with van der Waals surface area (Å²) in [5.41, 5.74) is 1.44. The van der Waals surface area contributed by atoms with Gasteiger partial charge in [0.15, 0.2) is 6.29 Å². The van der Waals surface area contributed by atoms with Crippen molar-refractivity contribution in [3.05, 3.63) is 23.5 Å². The highest BCUT2D eigenvalue weighted by atomic mass is 16.3. The molecule has 0 bridgehead atoms. The zero-order chi connectivity index (χ0) is 13.3. The van der Waals surface area contributed by atoms with Gasteiger partial charge in [-0.1, -0.05) is 0 Å². The van der Waals surface area contributed by atoms with Gasteiger partial charge in [0, 0.05) is 19.9 Å². The molecule has 2 rings (SSSR count). The number of fused-ring (bicyclic) bond motifs is 1. The Morgan fingerprint density at radius 1 is 1.50 bits per heavy atom. The SMILES string of the molecule is CC(=O)CCc1nc2c(C=O)c(O)ccc2n1C. The highest BCUT2D eigenvalue weighted by Crippen LogP contribution is 2.25. The Balaban J connectivity index is 2.55. The lowest BCUT2D eigenvalue weighted by molar-refractivity contribution is -0.117. The number of aromatic nitrogens is 2. The maximum Gasteiger partial charge on any atom is 0.156 e. The Labute approximate surface area is 104 Å². The second kappa shape index (κ2) is 4.60. The number of aromatic hydroxyl groups is 1. The first-order chi connectivity index (χ1) is 8.54. The minimum atomic E-state index is -0.0753. The van der Waals surface area contributed by atoms with E-state index in [0.717, 1.165) is 11.3 Å². The summed E-state index contributed by atoms with van der Waals surface area (Å²) in [7, 11) is 1.83. The van der Waals surface area contributed by atoms with Gasteiger partial charge in [-0.05, 0) is 19.1 Å². The fourth-order valence-electron chi connectivity index (χ4n) is 1.94. The maximum atomic E-state index is 11.0. The first-order valence-corrected chi connectivity index (χ1v) is 5.66. The van der Waals surface area contributed by atoms with E-state index in [2.05, 4.69) is 4.98 Å². The molecule has 1 aromatic heterocycles. The zero-order valence-electron chi connectivity index (χ0n) is 10.3. The fraction of sp³-hybridized carbons (Fsp3) is 0.308. The lowest BCUT2D eigenvalue weighted by Gasteiger charge is -2.01. The van der Waals surface area contributed by atoms with Crippen LogP contribution in [0.3, 0.4) is 0 Å². The molecule has 0 unspecified atom stereocenters. The lowest BCUT2D eigenvalue weighted by atomic mass is 10.2. The molecule has 0 saturated heterocycles. The first kappa shape index (κ1) is 12.3. The highest BCUT2D eigenvalue weighted by Gasteiger charge is 2.14. The standard InChI is InChI=1S/C13H14N2O3/c1-8(17)3-6-12-14-13-9(7-16)11(18)5-4-10(13)15(12)2/h4-5,7,18H,3,6H2,1-2H3. The molecule has 94 valence electrons. The number of benzene rings is 1. The van der Waals surface area contributed by atoms with Gasteiger partial charge >= 0.3 is 0 Å². The molecule has 2 aromatic rings. The van der Waals surface area contributed by atoms with Crippen LogP contribution in [0.4, 0.5) is 0 Å². The Morgan fingerprint density at radius 2 is 2.22 bits per heavy atom. The number of aryl methyl sites for hydroxylation is 2. The molecule has 18 heavy (non-hydrogen) atoms. The molecule has 1 heterocycles. The number of ketones is 1. The van der Waals surface area contributed by atoms with Crippen molar-refractivity contribution in [3.8, 4) is 5.75 Å². The van der Waals surface area contributed by atoms with E-state index < -0.39 is 0 Å². The number of hydrogen-bond acceptors (Lipinski definition) is 4. The number of nitrogens with zero attached hydrogens (tertiary/aromatic N) is 2. The van der Waals surface area contributed by atoms with Gasteiger partial charge < -0.3 is 14.5 Å². The van der Waals surface area contributed by atoms with Crippen molar-refractivity contribution < 1.29 is 14.7 Å². The Hall–Kier alpha value is -2.17. The molecule has 0 radical (unpaired) electrons. The molecule has 0 fully saturated rings. The van der Waals surface area contributed by atoms with E-state index in [-0.39, 0.29) is 17.1 Å². The van der Waals surface area contributed by atoms with Crippen molar-refractivity contribution in [2.45, 2.75) is 19.8 Å². The number of phenolic OH excluding ortho intramolecular Hbond substituents is 1. The Morgan fingerprint density at radius 3 is 2.83 bits per heavy atom. The average Bonchev–Trinajstić information content (AvgIpc) is 2.64. The summed E-state index contributed by atoms with van der Waals surface area (Å²) in [4.78, 5) is 26.3. The Bertz CT molecular complexity index is 629. The molecule has 5 nitrogen and oxygen atoms in total. The molecule has 5 heteroatoms.